The second kappa shape index (κ2) is 9.57. The molecule has 0 spiro atoms. The van der Waals surface area contributed by atoms with Gasteiger partial charge in [0.25, 0.3) is 0 Å². The van der Waals surface area contributed by atoms with Gasteiger partial charge in [0.2, 0.25) is 5.91 Å². The summed E-state index contributed by atoms with van der Waals surface area (Å²) in [6, 6.07) is 7.76. The van der Waals surface area contributed by atoms with Crippen LogP contribution in [0.15, 0.2) is 24.3 Å². The monoisotopic (exact) mass is 360 g/mol. The predicted molar refractivity (Wildman–Crippen MR) is 105 cm³/mol. The van der Waals surface area contributed by atoms with Crippen LogP contribution in [-0.2, 0) is 11.3 Å². The molecule has 6 heteroatoms. The Hall–Kier alpha value is -2.08. The Labute approximate surface area is 156 Å². The Bertz CT molecular complexity index is 614. The van der Waals surface area contributed by atoms with Crippen LogP contribution < -0.4 is 10.6 Å². The van der Waals surface area contributed by atoms with Gasteiger partial charge < -0.3 is 20.4 Å². The topological polar surface area (TPSA) is 64.7 Å². The summed E-state index contributed by atoms with van der Waals surface area (Å²) in [4.78, 5) is 28.5. The van der Waals surface area contributed by atoms with Crippen molar-refractivity contribution in [3.8, 4) is 0 Å². The summed E-state index contributed by atoms with van der Waals surface area (Å²) >= 11 is 0. The van der Waals surface area contributed by atoms with E-state index in [0.29, 0.717) is 13.1 Å². The summed E-state index contributed by atoms with van der Waals surface area (Å²) in [5, 5.41) is 5.96. The Morgan fingerprint density at radius 1 is 1.27 bits per heavy atom. The molecule has 6 nitrogen and oxygen atoms in total. The Balaban J connectivity index is 1.88. The number of carbonyl (C=O) groups excluding carboxylic acids is 2. The van der Waals surface area contributed by atoms with E-state index >= 15 is 0 Å². The number of hydrogen-bond donors (Lipinski definition) is 2. The van der Waals surface area contributed by atoms with Crippen LogP contribution in [-0.4, -0.2) is 55.0 Å². The van der Waals surface area contributed by atoms with Crippen molar-refractivity contribution in [2.45, 2.75) is 45.7 Å². The van der Waals surface area contributed by atoms with Crippen molar-refractivity contribution in [2.75, 3.05) is 32.5 Å². The van der Waals surface area contributed by atoms with Crippen LogP contribution >= 0.6 is 0 Å². The molecule has 0 saturated heterocycles. The number of amides is 3. The first-order valence-corrected chi connectivity index (χ1v) is 9.49. The van der Waals surface area contributed by atoms with Gasteiger partial charge in [0, 0.05) is 37.3 Å². The van der Waals surface area contributed by atoms with Gasteiger partial charge >= 0.3 is 6.03 Å². The van der Waals surface area contributed by atoms with E-state index in [-0.39, 0.29) is 23.9 Å². The average molecular weight is 361 g/mol. The van der Waals surface area contributed by atoms with E-state index in [1.807, 2.05) is 50.2 Å². The number of likely N-dealkylation sites (N-methyl/N-ethyl adjacent to an activating group) is 2. The van der Waals surface area contributed by atoms with Crippen molar-refractivity contribution in [3.05, 3.63) is 29.8 Å². The zero-order valence-electron chi connectivity index (χ0n) is 16.4. The third-order valence-electron chi connectivity index (χ3n) is 4.88. The zero-order valence-corrected chi connectivity index (χ0v) is 16.4. The first-order chi connectivity index (χ1) is 12.4. The van der Waals surface area contributed by atoms with Crippen LogP contribution in [0.1, 0.15) is 38.7 Å². The normalized spacial score (nSPS) is 15.3. The molecular weight excluding hydrogens is 328 g/mol. The molecule has 1 aliphatic carbocycles. The highest BCUT2D eigenvalue weighted by Crippen LogP contribution is 2.27. The van der Waals surface area contributed by atoms with Crippen LogP contribution in [0, 0.1) is 5.92 Å². The number of rotatable bonds is 8. The third-order valence-corrected chi connectivity index (χ3v) is 4.88. The fraction of sp³-hybridized carbons (Fsp3) is 0.600. The van der Waals surface area contributed by atoms with Gasteiger partial charge in [-0.15, -0.1) is 0 Å². The zero-order chi connectivity index (χ0) is 19.1. The van der Waals surface area contributed by atoms with Crippen LogP contribution in [0.2, 0.25) is 0 Å². The lowest BCUT2D eigenvalue weighted by atomic mass is 9.85. The molecule has 1 aromatic carbocycles. The van der Waals surface area contributed by atoms with Gasteiger partial charge in [-0.1, -0.05) is 18.6 Å². The molecule has 0 unspecified atom stereocenters. The SMILES string of the molecule is CCN(C(=O)NCc1cccc(NC(=O)C2CCC2)c1)[C@@H](C)CN(C)C. The quantitative estimate of drug-likeness (QED) is 0.749. The lowest BCUT2D eigenvalue weighted by Gasteiger charge is -2.30. The number of nitrogens with zero attached hydrogens (tertiary/aromatic N) is 2. The maximum absolute atomic E-state index is 12.5. The molecule has 144 valence electrons. The van der Waals surface area contributed by atoms with E-state index in [9.17, 15) is 9.59 Å². The molecule has 0 radical (unpaired) electrons. The summed E-state index contributed by atoms with van der Waals surface area (Å²) in [5.74, 6) is 0.266. The molecule has 3 amide bonds. The van der Waals surface area contributed by atoms with E-state index in [1.54, 1.807) is 0 Å². The fourth-order valence-corrected chi connectivity index (χ4v) is 3.24. The summed E-state index contributed by atoms with van der Waals surface area (Å²) < 4.78 is 0. The van der Waals surface area contributed by atoms with Gasteiger partial charge in [0.1, 0.15) is 0 Å². The lowest BCUT2D eigenvalue weighted by molar-refractivity contribution is -0.122. The highest BCUT2D eigenvalue weighted by atomic mass is 16.2. The minimum atomic E-state index is -0.0641. The minimum Gasteiger partial charge on any atom is -0.334 e. The average Bonchev–Trinajstić information content (AvgIpc) is 2.51. The number of urea groups is 1. The Kier molecular flexibility index (Phi) is 7.45. The van der Waals surface area contributed by atoms with Crippen LogP contribution in [0.3, 0.4) is 0 Å². The smallest absolute Gasteiger partial charge is 0.317 e. The van der Waals surface area contributed by atoms with Crippen molar-refractivity contribution in [1.29, 1.82) is 0 Å². The second-order valence-corrected chi connectivity index (χ2v) is 7.37. The molecule has 1 aromatic rings. The summed E-state index contributed by atoms with van der Waals surface area (Å²) in [5.41, 5.74) is 1.77. The minimum absolute atomic E-state index is 0.0641. The lowest BCUT2D eigenvalue weighted by Crippen LogP contribution is -2.48. The van der Waals surface area contributed by atoms with Gasteiger partial charge in [-0.05, 0) is 58.5 Å². The third kappa shape index (κ3) is 5.73. The second-order valence-electron chi connectivity index (χ2n) is 7.37. The molecule has 0 heterocycles. The number of anilines is 1. The summed E-state index contributed by atoms with van der Waals surface area (Å²) in [6.07, 6.45) is 3.11. The highest BCUT2D eigenvalue weighted by molar-refractivity contribution is 5.93. The summed E-state index contributed by atoms with van der Waals surface area (Å²) in [6.45, 7) is 5.97. The molecule has 1 saturated carbocycles. The molecule has 2 rings (SSSR count). The van der Waals surface area contributed by atoms with Gasteiger partial charge in [0.05, 0.1) is 0 Å². The number of nitrogens with one attached hydrogen (secondary N) is 2. The van der Waals surface area contributed by atoms with E-state index in [4.69, 9.17) is 0 Å². The number of carbonyl (C=O) groups is 2. The van der Waals surface area contributed by atoms with E-state index < -0.39 is 0 Å². The molecule has 2 N–H and O–H groups in total. The van der Waals surface area contributed by atoms with Crippen LogP contribution in [0.25, 0.3) is 0 Å². The first-order valence-electron chi connectivity index (χ1n) is 9.49. The summed E-state index contributed by atoms with van der Waals surface area (Å²) in [7, 11) is 4.01. The van der Waals surface area contributed by atoms with Crippen molar-refractivity contribution >= 4 is 17.6 Å². The van der Waals surface area contributed by atoms with Crippen molar-refractivity contribution < 1.29 is 9.59 Å². The number of hydrogen-bond acceptors (Lipinski definition) is 3. The maximum atomic E-state index is 12.5. The first kappa shape index (κ1) is 20.2. The Morgan fingerprint density at radius 3 is 2.58 bits per heavy atom. The fourth-order valence-electron chi connectivity index (χ4n) is 3.24. The molecule has 0 aromatic heterocycles. The standard InChI is InChI=1S/C20H32N4O2/c1-5-24(15(2)14-23(3)4)20(26)21-13-16-8-6-11-18(12-16)22-19(25)17-9-7-10-17/h6,8,11-12,15,17H,5,7,9-10,13-14H2,1-4H3,(H,21,26)(H,22,25)/t15-/m0/s1. The molecular formula is C20H32N4O2. The highest BCUT2D eigenvalue weighted by Gasteiger charge is 2.25. The molecule has 1 atom stereocenters. The van der Waals surface area contributed by atoms with Gasteiger partial charge in [0.15, 0.2) is 0 Å². The van der Waals surface area contributed by atoms with E-state index in [1.165, 1.54) is 0 Å². The molecule has 0 bridgehead atoms. The van der Waals surface area contributed by atoms with Crippen molar-refractivity contribution in [1.82, 2.24) is 15.1 Å². The maximum Gasteiger partial charge on any atom is 0.317 e. The molecule has 1 fully saturated rings. The predicted octanol–water partition coefficient (Wildman–Crippen LogP) is 2.91. The van der Waals surface area contributed by atoms with Gasteiger partial charge in [-0.25, -0.2) is 4.79 Å². The van der Waals surface area contributed by atoms with Crippen LogP contribution in [0.4, 0.5) is 10.5 Å². The van der Waals surface area contributed by atoms with Crippen molar-refractivity contribution in [2.24, 2.45) is 5.92 Å². The van der Waals surface area contributed by atoms with E-state index in [0.717, 1.165) is 37.1 Å². The Morgan fingerprint density at radius 2 is 2.00 bits per heavy atom. The molecule has 0 aliphatic heterocycles. The molecule has 1 aliphatic rings. The number of benzene rings is 1. The van der Waals surface area contributed by atoms with Crippen LogP contribution in [0.5, 0.6) is 0 Å². The van der Waals surface area contributed by atoms with Gasteiger partial charge in [-0.2, -0.15) is 0 Å². The van der Waals surface area contributed by atoms with Crippen molar-refractivity contribution in [3.63, 3.8) is 0 Å². The van der Waals surface area contributed by atoms with E-state index in [2.05, 4.69) is 22.5 Å². The largest absolute Gasteiger partial charge is 0.334 e. The molecule has 26 heavy (non-hydrogen) atoms. The van der Waals surface area contributed by atoms with Gasteiger partial charge in [-0.3, -0.25) is 4.79 Å².